The minimum Gasteiger partial charge on any atom is -0.368 e. The minimum atomic E-state index is 0.354. The fraction of sp³-hybridized carbons (Fsp3) is 0.636. The molecular formula is C11H20N4. The van der Waals surface area contributed by atoms with Crippen LogP contribution in [0.1, 0.15) is 26.5 Å². The molecule has 0 saturated heterocycles. The Morgan fingerprint density at radius 1 is 1.40 bits per heavy atom. The number of hydrogen-bond acceptors (Lipinski definition) is 4. The summed E-state index contributed by atoms with van der Waals surface area (Å²) in [7, 11) is 0. The molecule has 0 amide bonds. The molecule has 4 heteroatoms. The molecule has 0 unspecified atom stereocenters. The average Bonchev–Trinajstić information content (AvgIpc) is 2.12. The Kier molecular flexibility index (Phi) is 3.88. The molecule has 0 radical (unpaired) electrons. The van der Waals surface area contributed by atoms with Crippen molar-refractivity contribution in [1.29, 1.82) is 0 Å². The van der Waals surface area contributed by atoms with E-state index in [1.807, 2.05) is 13.0 Å². The number of aryl methyl sites for hydroxylation is 1. The molecule has 0 aromatic carbocycles. The maximum absolute atomic E-state index is 5.63. The van der Waals surface area contributed by atoms with Crippen LogP contribution < -0.4 is 10.6 Å². The van der Waals surface area contributed by atoms with Gasteiger partial charge in [-0.25, -0.2) is 4.98 Å². The maximum atomic E-state index is 5.63. The highest BCUT2D eigenvalue weighted by Gasteiger charge is 2.09. The molecule has 0 aliphatic carbocycles. The van der Waals surface area contributed by atoms with Crippen molar-refractivity contribution in [3.63, 3.8) is 0 Å². The van der Waals surface area contributed by atoms with E-state index in [0.29, 0.717) is 11.9 Å². The summed E-state index contributed by atoms with van der Waals surface area (Å²) in [5, 5.41) is 0. The van der Waals surface area contributed by atoms with Gasteiger partial charge in [0.05, 0.1) is 0 Å². The van der Waals surface area contributed by atoms with E-state index < -0.39 is 0 Å². The van der Waals surface area contributed by atoms with Crippen LogP contribution in [0.25, 0.3) is 0 Å². The van der Waals surface area contributed by atoms with E-state index in [0.717, 1.165) is 24.6 Å². The zero-order valence-corrected chi connectivity index (χ0v) is 9.99. The molecule has 0 saturated carbocycles. The van der Waals surface area contributed by atoms with E-state index in [-0.39, 0.29) is 0 Å². The second-order valence-corrected chi connectivity index (χ2v) is 4.16. The molecule has 1 aromatic heterocycles. The first-order valence-electron chi connectivity index (χ1n) is 5.39. The lowest BCUT2D eigenvalue weighted by Crippen LogP contribution is -2.28. The van der Waals surface area contributed by atoms with Crippen LogP contribution in [0.3, 0.4) is 0 Å². The van der Waals surface area contributed by atoms with E-state index in [9.17, 15) is 0 Å². The van der Waals surface area contributed by atoms with Crippen LogP contribution in [0.15, 0.2) is 6.07 Å². The van der Waals surface area contributed by atoms with Crippen LogP contribution in [0.5, 0.6) is 0 Å². The van der Waals surface area contributed by atoms with Gasteiger partial charge in [-0.2, -0.15) is 4.98 Å². The van der Waals surface area contributed by atoms with E-state index >= 15 is 0 Å². The normalized spacial score (nSPS) is 10.7. The van der Waals surface area contributed by atoms with Crippen molar-refractivity contribution in [2.24, 2.45) is 5.92 Å². The van der Waals surface area contributed by atoms with Crippen LogP contribution in [-0.2, 0) is 0 Å². The third-order valence-corrected chi connectivity index (χ3v) is 2.15. The highest BCUT2D eigenvalue weighted by Crippen LogP contribution is 2.14. The number of hydrogen-bond donors (Lipinski definition) is 1. The van der Waals surface area contributed by atoms with Crippen LogP contribution in [0, 0.1) is 12.8 Å². The molecule has 0 bridgehead atoms. The standard InChI is InChI=1S/C11H20N4/c1-5-15(7-8(2)3)10-6-9(4)13-11(12)14-10/h6,8H,5,7H2,1-4H3,(H2,12,13,14). The SMILES string of the molecule is CCN(CC(C)C)c1cc(C)nc(N)n1. The molecule has 0 spiro atoms. The van der Waals surface area contributed by atoms with E-state index in [1.165, 1.54) is 0 Å². The predicted octanol–water partition coefficient (Wildman–Crippen LogP) is 1.85. The monoisotopic (exact) mass is 208 g/mol. The van der Waals surface area contributed by atoms with E-state index in [1.54, 1.807) is 0 Å². The van der Waals surface area contributed by atoms with Gasteiger partial charge in [-0.3, -0.25) is 0 Å². The fourth-order valence-corrected chi connectivity index (χ4v) is 1.56. The summed E-state index contributed by atoms with van der Waals surface area (Å²) in [4.78, 5) is 10.5. The van der Waals surface area contributed by atoms with Gasteiger partial charge < -0.3 is 10.6 Å². The molecular weight excluding hydrogens is 188 g/mol. The lowest BCUT2D eigenvalue weighted by atomic mass is 10.2. The van der Waals surface area contributed by atoms with Crippen molar-refractivity contribution in [1.82, 2.24) is 9.97 Å². The molecule has 2 N–H and O–H groups in total. The Hall–Kier alpha value is -1.32. The molecule has 84 valence electrons. The van der Waals surface area contributed by atoms with Crippen molar-refractivity contribution in [3.05, 3.63) is 11.8 Å². The molecule has 0 aliphatic rings. The van der Waals surface area contributed by atoms with Crippen molar-refractivity contribution in [2.45, 2.75) is 27.7 Å². The molecule has 1 rings (SSSR count). The number of nitrogens with two attached hydrogens (primary N) is 1. The van der Waals surface area contributed by atoms with Crippen molar-refractivity contribution in [2.75, 3.05) is 23.7 Å². The van der Waals surface area contributed by atoms with Crippen molar-refractivity contribution < 1.29 is 0 Å². The summed E-state index contributed by atoms with van der Waals surface area (Å²) in [5.41, 5.74) is 6.55. The second kappa shape index (κ2) is 4.96. The van der Waals surface area contributed by atoms with E-state index in [2.05, 4.69) is 35.6 Å². The van der Waals surface area contributed by atoms with Crippen molar-refractivity contribution in [3.8, 4) is 0 Å². The lowest BCUT2D eigenvalue weighted by Gasteiger charge is -2.24. The third kappa shape index (κ3) is 3.38. The third-order valence-electron chi connectivity index (χ3n) is 2.15. The number of aromatic nitrogens is 2. The molecule has 0 fully saturated rings. The summed E-state index contributed by atoms with van der Waals surface area (Å²) in [6.45, 7) is 10.4. The van der Waals surface area contributed by atoms with Gasteiger partial charge in [-0.15, -0.1) is 0 Å². The van der Waals surface area contributed by atoms with Crippen LogP contribution in [0.4, 0.5) is 11.8 Å². The Balaban J connectivity index is 2.91. The quantitative estimate of drug-likeness (QED) is 0.820. The van der Waals surface area contributed by atoms with Gasteiger partial charge in [0.2, 0.25) is 5.95 Å². The van der Waals surface area contributed by atoms with Gasteiger partial charge in [-0.1, -0.05) is 13.8 Å². The topological polar surface area (TPSA) is 55.0 Å². The Bertz CT molecular complexity index is 302. The summed E-state index contributed by atoms with van der Waals surface area (Å²) in [5.74, 6) is 1.89. The van der Waals surface area contributed by atoms with Gasteiger partial charge in [0.1, 0.15) is 5.82 Å². The number of rotatable bonds is 4. The molecule has 1 heterocycles. The summed E-state index contributed by atoms with van der Waals surface area (Å²) in [6, 6.07) is 1.97. The lowest BCUT2D eigenvalue weighted by molar-refractivity contribution is 0.614. The van der Waals surface area contributed by atoms with Gasteiger partial charge in [0, 0.05) is 24.8 Å². The van der Waals surface area contributed by atoms with Crippen LogP contribution in [0.2, 0.25) is 0 Å². The Morgan fingerprint density at radius 2 is 2.07 bits per heavy atom. The number of nitrogen functional groups attached to an aromatic ring is 1. The van der Waals surface area contributed by atoms with Gasteiger partial charge in [-0.05, 0) is 19.8 Å². The van der Waals surface area contributed by atoms with Gasteiger partial charge >= 0.3 is 0 Å². The minimum absolute atomic E-state index is 0.354. The Labute approximate surface area is 91.5 Å². The van der Waals surface area contributed by atoms with Gasteiger partial charge in [0.25, 0.3) is 0 Å². The van der Waals surface area contributed by atoms with Gasteiger partial charge in [0.15, 0.2) is 0 Å². The average molecular weight is 208 g/mol. The maximum Gasteiger partial charge on any atom is 0.222 e. The predicted molar refractivity (Wildman–Crippen MR) is 63.9 cm³/mol. The smallest absolute Gasteiger partial charge is 0.222 e. The molecule has 15 heavy (non-hydrogen) atoms. The molecule has 0 atom stereocenters. The first kappa shape index (κ1) is 11.8. The van der Waals surface area contributed by atoms with Crippen molar-refractivity contribution >= 4 is 11.8 Å². The van der Waals surface area contributed by atoms with Crippen LogP contribution >= 0.6 is 0 Å². The zero-order chi connectivity index (χ0) is 11.4. The second-order valence-electron chi connectivity index (χ2n) is 4.16. The van der Waals surface area contributed by atoms with Crippen LogP contribution in [-0.4, -0.2) is 23.1 Å². The highest BCUT2D eigenvalue weighted by molar-refractivity contribution is 5.43. The summed E-state index contributed by atoms with van der Waals surface area (Å²) < 4.78 is 0. The number of nitrogens with zero attached hydrogens (tertiary/aromatic N) is 3. The largest absolute Gasteiger partial charge is 0.368 e. The Morgan fingerprint density at radius 3 is 2.53 bits per heavy atom. The highest BCUT2D eigenvalue weighted by atomic mass is 15.2. The number of anilines is 2. The summed E-state index contributed by atoms with van der Waals surface area (Å²) >= 11 is 0. The zero-order valence-electron chi connectivity index (χ0n) is 9.99. The first-order valence-corrected chi connectivity index (χ1v) is 5.39. The first-order chi connectivity index (χ1) is 7.02. The summed E-state index contributed by atoms with van der Waals surface area (Å²) in [6.07, 6.45) is 0. The molecule has 0 aliphatic heterocycles. The molecule has 1 aromatic rings. The molecule has 4 nitrogen and oxygen atoms in total. The van der Waals surface area contributed by atoms with E-state index in [4.69, 9.17) is 5.73 Å². The fourth-order valence-electron chi connectivity index (χ4n) is 1.56.